The van der Waals surface area contributed by atoms with E-state index in [1.54, 1.807) is 6.20 Å². The van der Waals surface area contributed by atoms with Gasteiger partial charge in [-0.2, -0.15) is 0 Å². The third-order valence-corrected chi connectivity index (χ3v) is 4.93. The predicted octanol–water partition coefficient (Wildman–Crippen LogP) is 3.11. The quantitative estimate of drug-likeness (QED) is 0.604. The predicted molar refractivity (Wildman–Crippen MR) is 88.3 cm³/mol. The molecule has 4 nitrogen and oxygen atoms in total. The Labute approximate surface area is 129 Å². The fourth-order valence-electron chi connectivity index (χ4n) is 2.42. The number of rotatable bonds is 6. The molecule has 1 saturated heterocycles. The van der Waals surface area contributed by atoms with Crippen molar-refractivity contribution in [3.63, 3.8) is 0 Å². The Balaban J connectivity index is 2.00. The molecule has 2 rings (SSSR count). The van der Waals surface area contributed by atoms with Crippen LogP contribution in [0.1, 0.15) is 60.3 Å². The van der Waals surface area contributed by atoms with Crippen LogP contribution in [0.4, 0.5) is 0 Å². The molecule has 0 amide bonds. The topological polar surface area (TPSA) is 56.8 Å². The van der Waals surface area contributed by atoms with Crippen LogP contribution in [-0.4, -0.2) is 30.6 Å². The molecule has 2 fully saturated rings. The molecule has 0 spiro atoms. The molecule has 118 valence electrons. The monoisotopic (exact) mass is 292 g/mol. The number of hydrogen-bond donors (Lipinski definition) is 1. The molecule has 21 heavy (non-hydrogen) atoms. The van der Waals surface area contributed by atoms with Crippen LogP contribution in [0.2, 0.25) is 0 Å². The molecule has 0 aromatic rings. The highest BCUT2D eigenvalue weighted by atomic mass is 16.7. The van der Waals surface area contributed by atoms with Crippen molar-refractivity contribution in [3.05, 3.63) is 11.7 Å². The fourth-order valence-corrected chi connectivity index (χ4v) is 2.42. The molecule has 0 bridgehead atoms. The van der Waals surface area contributed by atoms with E-state index in [-0.39, 0.29) is 11.2 Å². The molecule has 0 aromatic carbocycles. The lowest BCUT2D eigenvalue weighted by molar-refractivity contribution is 0.00578. The van der Waals surface area contributed by atoms with Gasteiger partial charge in [0.25, 0.3) is 0 Å². The van der Waals surface area contributed by atoms with Gasteiger partial charge < -0.3 is 15.0 Å². The summed E-state index contributed by atoms with van der Waals surface area (Å²) >= 11 is 0. The minimum Gasteiger partial charge on any atom is -0.405 e. The summed E-state index contributed by atoms with van der Waals surface area (Å²) in [5.41, 5.74) is 5.87. The van der Waals surface area contributed by atoms with Gasteiger partial charge in [-0.3, -0.25) is 4.99 Å². The van der Waals surface area contributed by atoms with E-state index in [1.165, 1.54) is 19.3 Å². The lowest BCUT2D eigenvalue weighted by atomic mass is 9.79. The van der Waals surface area contributed by atoms with Gasteiger partial charge >= 0.3 is 7.12 Å². The van der Waals surface area contributed by atoms with Crippen LogP contribution in [0.5, 0.6) is 0 Å². The normalized spacial score (nSPS) is 26.5. The molecule has 1 aliphatic carbocycles. The van der Waals surface area contributed by atoms with Crippen molar-refractivity contribution in [2.75, 3.05) is 0 Å². The molecule has 1 aliphatic heterocycles. The first-order valence-corrected chi connectivity index (χ1v) is 8.09. The summed E-state index contributed by atoms with van der Waals surface area (Å²) in [7, 11) is -0.429. The van der Waals surface area contributed by atoms with E-state index in [9.17, 15) is 0 Å². The minimum absolute atomic E-state index is 0.349. The van der Waals surface area contributed by atoms with Crippen molar-refractivity contribution in [3.8, 4) is 0 Å². The van der Waals surface area contributed by atoms with Crippen molar-refractivity contribution >= 4 is 13.3 Å². The Morgan fingerprint density at radius 3 is 2.29 bits per heavy atom. The van der Waals surface area contributed by atoms with Crippen LogP contribution in [0, 0.1) is 5.92 Å². The summed E-state index contributed by atoms with van der Waals surface area (Å²) in [6, 6.07) is 0.384. The average molecular weight is 292 g/mol. The van der Waals surface area contributed by atoms with E-state index in [4.69, 9.17) is 20.0 Å². The molecular weight excluding hydrogens is 263 g/mol. The number of aliphatic imine (C=N–C) groups is 1. The third kappa shape index (κ3) is 3.89. The fraction of sp³-hybridized carbons (Fsp3) is 0.812. The highest BCUT2D eigenvalue weighted by Crippen LogP contribution is 2.38. The zero-order valence-electron chi connectivity index (χ0n) is 14.1. The van der Waals surface area contributed by atoms with E-state index in [0.29, 0.717) is 6.04 Å². The Kier molecular flexibility index (Phi) is 4.84. The first-order chi connectivity index (χ1) is 9.79. The number of nitrogens with two attached hydrogens (primary N) is 1. The van der Waals surface area contributed by atoms with Gasteiger partial charge in [-0.25, -0.2) is 0 Å². The van der Waals surface area contributed by atoms with Gasteiger partial charge in [0.15, 0.2) is 0 Å². The largest absolute Gasteiger partial charge is 0.497 e. The van der Waals surface area contributed by atoms with E-state index in [0.717, 1.165) is 17.8 Å². The molecule has 1 saturated carbocycles. The Hall–Kier alpha value is -0.805. The van der Waals surface area contributed by atoms with Crippen molar-refractivity contribution in [2.24, 2.45) is 16.6 Å². The van der Waals surface area contributed by atoms with Crippen LogP contribution in [-0.2, 0) is 9.31 Å². The van der Waals surface area contributed by atoms with E-state index in [2.05, 4.69) is 6.92 Å². The van der Waals surface area contributed by atoms with Crippen molar-refractivity contribution in [1.82, 2.24) is 0 Å². The molecule has 1 unspecified atom stereocenters. The second-order valence-corrected chi connectivity index (χ2v) is 7.27. The molecule has 1 heterocycles. The smallest absolute Gasteiger partial charge is 0.405 e. The van der Waals surface area contributed by atoms with E-state index >= 15 is 0 Å². The van der Waals surface area contributed by atoms with Gasteiger partial charge in [-0.05, 0) is 52.7 Å². The number of allylic oxidation sites excluding steroid dienone is 1. The second kappa shape index (κ2) is 6.13. The maximum atomic E-state index is 6.01. The Morgan fingerprint density at radius 2 is 1.86 bits per heavy atom. The number of nitrogens with zero attached hydrogens (tertiary/aromatic N) is 1. The highest BCUT2D eigenvalue weighted by molar-refractivity contribution is 6.60. The Morgan fingerprint density at radius 1 is 1.29 bits per heavy atom. The first kappa shape index (κ1) is 16.6. The maximum Gasteiger partial charge on any atom is 0.497 e. The summed E-state index contributed by atoms with van der Waals surface area (Å²) in [5, 5.41) is 0. The van der Waals surface area contributed by atoms with Crippen LogP contribution < -0.4 is 5.73 Å². The molecule has 1 atom stereocenters. The van der Waals surface area contributed by atoms with Crippen molar-refractivity contribution in [2.45, 2.75) is 77.5 Å². The number of hydrogen-bond acceptors (Lipinski definition) is 4. The van der Waals surface area contributed by atoms with Crippen LogP contribution in [0.15, 0.2) is 16.7 Å². The van der Waals surface area contributed by atoms with Gasteiger partial charge in [0.05, 0.1) is 11.2 Å². The van der Waals surface area contributed by atoms with Gasteiger partial charge in [0.2, 0.25) is 0 Å². The summed E-state index contributed by atoms with van der Waals surface area (Å²) in [4.78, 5) is 4.70. The summed E-state index contributed by atoms with van der Waals surface area (Å²) < 4.78 is 12.0. The van der Waals surface area contributed by atoms with Gasteiger partial charge in [0, 0.05) is 17.7 Å². The van der Waals surface area contributed by atoms with Gasteiger partial charge in [0.1, 0.15) is 0 Å². The molecular formula is C16H29BN2O2. The summed E-state index contributed by atoms with van der Waals surface area (Å²) in [5.74, 6) is 0.884. The maximum absolute atomic E-state index is 6.01. The average Bonchev–Trinajstić information content (AvgIpc) is 3.16. The highest BCUT2D eigenvalue weighted by Gasteiger charge is 2.52. The SMILES string of the molecule is CCC(CC1CC1)N=CC(=CN)B1OC(C)(C)C(C)(C)O1. The second-order valence-electron chi connectivity index (χ2n) is 7.27. The summed E-state index contributed by atoms with van der Waals surface area (Å²) in [6.45, 7) is 10.4. The lowest BCUT2D eigenvalue weighted by Crippen LogP contribution is -2.41. The zero-order chi connectivity index (χ0) is 15.7. The van der Waals surface area contributed by atoms with Crippen LogP contribution >= 0.6 is 0 Å². The van der Waals surface area contributed by atoms with E-state index in [1.807, 2.05) is 33.9 Å². The Bertz CT molecular complexity index is 412. The molecule has 0 radical (unpaired) electrons. The van der Waals surface area contributed by atoms with E-state index < -0.39 is 7.12 Å². The van der Waals surface area contributed by atoms with Crippen molar-refractivity contribution < 1.29 is 9.31 Å². The van der Waals surface area contributed by atoms with Crippen LogP contribution in [0.3, 0.4) is 0 Å². The minimum atomic E-state index is -0.429. The third-order valence-electron chi connectivity index (χ3n) is 4.93. The molecule has 2 aliphatic rings. The van der Waals surface area contributed by atoms with Gasteiger partial charge in [-0.15, -0.1) is 0 Å². The standard InChI is InChI=1S/C16H29BN2O2/c1-6-14(9-12-7-8-12)19-11-13(10-18)17-20-15(2,3)16(4,5)21-17/h10-12,14H,6-9,18H2,1-5H3. The van der Waals surface area contributed by atoms with Crippen molar-refractivity contribution in [1.29, 1.82) is 0 Å². The van der Waals surface area contributed by atoms with Gasteiger partial charge in [-0.1, -0.05) is 19.8 Å². The lowest BCUT2D eigenvalue weighted by Gasteiger charge is -2.32. The first-order valence-electron chi connectivity index (χ1n) is 8.09. The molecule has 0 aromatic heterocycles. The zero-order valence-corrected chi connectivity index (χ0v) is 14.1. The molecule has 2 N–H and O–H groups in total. The summed E-state index contributed by atoms with van der Waals surface area (Å²) in [6.07, 6.45) is 8.38. The molecule has 5 heteroatoms. The van der Waals surface area contributed by atoms with Crippen LogP contribution in [0.25, 0.3) is 0 Å².